The van der Waals surface area contributed by atoms with Gasteiger partial charge in [-0.3, -0.25) is 9.13 Å². The molecule has 4 rings (SSSR count). The summed E-state index contributed by atoms with van der Waals surface area (Å²) in [6.07, 6.45) is 1.73. The lowest BCUT2D eigenvalue weighted by Crippen LogP contribution is -2.25. The van der Waals surface area contributed by atoms with Crippen LogP contribution < -0.4 is 5.69 Å². The second kappa shape index (κ2) is 4.79. The van der Waals surface area contributed by atoms with Gasteiger partial charge in [0.15, 0.2) is 5.65 Å². The van der Waals surface area contributed by atoms with Crippen molar-refractivity contribution >= 4 is 33.7 Å². The van der Waals surface area contributed by atoms with Crippen molar-refractivity contribution in [2.24, 2.45) is 7.05 Å². The highest BCUT2D eigenvalue weighted by Gasteiger charge is 2.29. The zero-order chi connectivity index (χ0) is 15.4. The van der Waals surface area contributed by atoms with Crippen LogP contribution in [0.15, 0.2) is 23.0 Å². The standard InChI is InChI=1S/C15H15ClN4O2/c1-19-14-13(11-6-8(16)2-5-12(11)17-18-14)20(15(19)22)9-3-4-10(21)7-9/h2,5-6,9-10,21H,3-4,7H2,1H3/t9-,10-/m0/s1. The van der Waals surface area contributed by atoms with Gasteiger partial charge >= 0.3 is 5.69 Å². The molecule has 0 bridgehead atoms. The van der Waals surface area contributed by atoms with Crippen LogP contribution in [0.5, 0.6) is 0 Å². The highest BCUT2D eigenvalue weighted by Crippen LogP contribution is 2.33. The van der Waals surface area contributed by atoms with Gasteiger partial charge in [-0.25, -0.2) is 4.79 Å². The molecule has 1 N–H and O–H groups in total. The van der Waals surface area contributed by atoms with Crippen molar-refractivity contribution in [3.05, 3.63) is 33.7 Å². The number of imidazole rings is 1. The number of hydrogen-bond donors (Lipinski definition) is 1. The molecule has 22 heavy (non-hydrogen) atoms. The minimum atomic E-state index is -0.350. The molecule has 0 saturated heterocycles. The predicted octanol–water partition coefficient (Wildman–Crippen LogP) is 2.02. The average molecular weight is 319 g/mol. The van der Waals surface area contributed by atoms with Gasteiger partial charge in [-0.2, -0.15) is 0 Å². The largest absolute Gasteiger partial charge is 0.393 e. The summed E-state index contributed by atoms with van der Waals surface area (Å²) in [4.78, 5) is 12.7. The Morgan fingerprint density at radius 2 is 2.14 bits per heavy atom. The van der Waals surface area contributed by atoms with Crippen molar-refractivity contribution in [2.45, 2.75) is 31.4 Å². The van der Waals surface area contributed by atoms with E-state index in [2.05, 4.69) is 10.2 Å². The van der Waals surface area contributed by atoms with E-state index in [0.717, 1.165) is 17.3 Å². The Morgan fingerprint density at radius 3 is 2.86 bits per heavy atom. The van der Waals surface area contributed by atoms with Crippen molar-refractivity contribution in [3.8, 4) is 0 Å². The van der Waals surface area contributed by atoms with Gasteiger partial charge in [0, 0.05) is 23.5 Å². The smallest absolute Gasteiger partial charge is 0.330 e. The Kier molecular flexibility index (Phi) is 2.99. The second-order valence-electron chi connectivity index (χ2n) is 5.87. The Bertz CT molecular complexity index is 946. The quantitative estimate of drug-likeness (QED) is 0.745. The SMILES string of the molecule is Cn1c(=O)n([C@H]2CC[C@H](O)C2)c2c3cc(Cl)ccc3nnc21. The van der Waals surface area contributed by atoms with E-state index in [0.29, 0.717) is 29.0 Å². The third-order valence-electron chi connectivity index (χ3n) is 4.47. The number of aliphatic hydroxyl groups is 1. The molecule has 1 aromatic carbocycles. The van der Waals surface area contributed by atoms with Crippen LogP contribution >= 0.6 is 11.6 Å². The monoisotopic (exact) mass is 318 g/mol. The lowest BCUT2D eigenvalue weighted by molar-refractivity contribution is 0.178. The molecule has 1 aliphatic carbocycles. The lowest BCUT2D eigenvalue weighted by atomic mass is 10.2. The molecule has 2 heterocycles. The predicted molar refractivity (Wildman–Crippen MR) is 84.2 cm³/mol. The minimum Gasteiger partial charge on any atom is -0.393 e. The molecular weight excluding hydrogens is 304 g/mol. The van der Waals surface area contributed by atoms with Crippen molar-refractivity contribution in [1.29, 1.82) is 0 Å². The van der Waals surface area contributed by atoms with Crippen LogP contribution in [0.25, 0.3) is 22.1 Å². The van der Waals surface area contributed by atoms with Crippen molar-refractivity contribution in [2.75, 3.05) is 0 Å². The lowest BCUT2D eigenvalue weighted by Gasteiger charge is -2.12. The van der Waals surface area contributed by atoms with Gasteiger partial charge in [-0.15, -0.1) is 10.2 Å². The third kappa shape index (κ3) is 1.87. The van der Waals surface area contributed by atoms with Crippen molar-refractivity contribution in [3.63, 3.8) is 0 Å². The van der Waals surface area contributed by atoms with Gasteiger partial charge in [-0.1, -0.05) is 11.6 Å². The van der Waals surface area contributed by atoms with Crippen LogP contribution in [0.4, 0.5) is 0 Å². The average Bonchev–Trinajstić information content (AvgIpc) is 3.02. The molecule has 1 aliphatic rings. The van der Waals surface area contributed by atoms with E-state index in [4.69, 9.17) is 11.6 Å². The second-order valence-corrected chi connectivity index (χ2v) is 6.30. The van der Waals surface area contributed by atoms with Gasteiger partial charge in [0.1, 0.15) is 5.52 Å². The molecule has 2 aromatic heterocycles. The van der Waals surface area contributed by atoms with Crippen LogP contribution in [0.2, 0.25) is 5.02 Å². The first-order valence-corrected chi connectivity index (χ1v) is 7.65. The molecule has 0 aliphatic heterocycles. The Balaban J connectivity index is 2.12. The maximum atomic E-state index is 12.7. The maximum Gasteiger partial charge on any atom is 0.330 e. The van der Waals surface area contributed by atoms with Gasteiger partial charge in [-0.05, 0) is 37.5 Å². The number of aliphatic hydroxyl groups excluding tert-OH is 1. The van der Waals surface area contributed by atoms with Crippen molar-refractivity contribution in [1.82, 2.24) is 19.3 Å². The van der Waals surface area contributed by atoms with E-state index in [1.807, 2.05) is 6.07 Å². The van der Waals surface area contributed by atoms with Gasteiger partial charge in [0.2, 0.25) is 0 Å². The molecule has 0 radical (unpaired) electrons. The number of benzene rings is 1. The molecule has 0 amide bonds. The number of hydrogen-bond acceptors (Lipinski definition) is 4. The normalized spacial score (nSPS) is 22.0. The number of fused-ring (bicyclic) bond motifs is 3. The topological polar surface area (TPSA) is 72.9 Å². The highest BCUT2D eigenvalue weighted by atomic mass is 35.5. The molecule has 0 spiro atoms. The third-order valence-corrected chi connectivity index (χ3v) is 4.71. The Labute approximate surface area is 130 Å². The van der Waals surface area contributed by atoms with Gasteiger partial charge in [0.25, 0.3) is 0 Å². The Morgan fingerprint density at radius 1 is 1.32 bits per heavy atom. The van der Waals surface area contributed by atoms with Crippen LogP contribution in [0.3, 0.4) is 0 Å². The fraction of sp³-hybridized carbons (Fsp3) is 0.400. The summed E-state index contributed by atoms with van der Waals surface area (Å²) < 4.78 is 3.26. The highest BCUT2D eigenvalue weighted by molar-refractivity contribution is 6.31. The van der Waals surface area contributed by atoms with E-state index in [1.165, 1.54) is 4.57 Å². The fourth-order valence-electron chi connectivity index (χ4n) is 3.37. The molecule has 2 atom stereocenters. The molecule has 1 saturated carbocycles. The summed E-state index contributed by atoms with van der Waals surface area (Å²) in [6.45, 7) is 0. The van der Waals surface area contributed by atoms with E-state index in [9.17, 15) is 9.90 Å². The molecule has 114 valence electrons. The van der Waals surface area contributed by atoms with Gasteiger partial charge in [0.05, 0.1) is 11.6 Å². The molecule has 6 nitrogen and oxygen atoms in total. The molecule has 1 fully saturated rings. The first-order valence-electron chi connectivity index (χ1n) is 7.27. The van der Waals surface area contributed by atoms with Gasteiger partial charge < -0.3 is 5.11 Å². The number of halogens is 1. The van der Waals surface area contributed by atoms with Crippen LogP contribution in [-0.2, 0) is 7.05 Å². The van der Waals surface area contributed by atoms with Crippen molar-refractivity contribution < 1.29 is 5.11 Å². The molecule has 0 unspecified atom stereocenters. The van der Waals surface area contributed by atoms with E-state index in [-0.39, 0.29) is 17.8 Å². The van der Waals surface area contributed by atoms with E-state index < -0.39 is 0 Å². The summed E-state index contributed by atoms with van der Waals surface area (Å²) in [5, 5.41) is 19.6. The zero-order valence-electron chi connectivity index (χ0n) is 12.0. The Hall–Kier alpha value is -1.92. The fourth-order valence-corrected chi connectivity index (χ4v) is 3.55. The summed E-state index contributed by atoms with van der Waals surface area (Å²) in [7, 11) is 1.69. The van der Waals surface area contributed by atoms with E-state index >= 15 is 0 Å². The van der Waals surface area contributed by atoms with Crippen LogP contribution in [-0.4, -0.2) is 30.5 Å². The number of nitrogens with zero attached hydrogens (tertiary/aromatic N) is 4. The maximum absolute atomic E-state index is 12.7. The zero-order valence-corrected chi connectivity index (χ0v) is 12.8. The minimum absolute atomic E-state index is 0.0161. The summed E-state index contributed by atoms with van der Waals surface area (Å²) >= 11 is 6.12. The molecular formula is C15H15ClN4O2. The molecule has 3 aromatic rings. The van der Waals surface area contributed by atoms with E-state index in [1.54, 1.807) is 23.7 Å². The van der Waals surface area contributed by atoms with Crippen LogP contribution in [0.1, 0.15) is 25.3 Å². The number of rotatable bonds is 1. The first-order chi connectivity index (χ1) is 10.6. The number of aryl methyl sites for hydroxylation is 1. The molecule has 7 heteroatoms. The summed E-state index contributed by atoms with van der Waals surface area (Å²) in [5.41, 5.74) is 1.87. The summed E-state index contributed by atoms with van der Waals surface area (Å²) in [6, 6.07) is 5.36. The summed E-state index contributed by atoms with van der Waals surface area (Å²) in [5.74, 6) is 0. The first kappa shape index (κ1) is 13.7. The number of aromatic nitrogens is 4. The van der Waals surface area contributed by atoms with Crippen LogP contribution in [0, 0.1) is 0 Å².